The highest BCUT2D eigenvalue weighted by Gasteiger charge is 2.23. The lowest BCUT2D eigenvalue weighted by molar-refractivity contribution is -0.120. The fraction of sp³-hybridized carbons (Fsp3) is 0.467. The van der Waals surface area contributed by atoms with Crippen molar-refractivity contribution in [2.75, 3.05) is 11.4 Å². The first kappa shape index (κ1) is 17.2. The van der Waals surface area contributed by atoms with Crippen molar-refractivity contribution in [2.24, 2.45) is 0 Å². The van der Waals surface area contributed by atoms with E-state index >= 15 is 0 Å². The third-order valence-corrected chi connectivity index (χ3v) is 2.12. The van der Waals surface area contributed by atoms with Crippen molar-refractivity contribution in [3.05, 3.63) is 30.3 Å². The number of hydrogen-bond acceptors (Lipinski definition) is 2. The number of para-hydroxylation sites is 1. The van der Waals surface area contributed by atoms with E-state index in [-0.39, 0.29) is 11.9 Å². The molecule has 0 atom stereocenters. The van der Waals surface area contributed by atoms with Crippen molar-refractivity contribution >= 4 is 17.6 Å². The Hall–Kier alpha value is -1.84. The summed E-state index contributed by atoms with van der Waals surface area (Å²) in [6, 6.07) is 8.95. The summed E-state index contributed by atoms with van der Waals surface area (Å²) in [5.74, 6) is -0.206. The molecule has 4 nitrogen and oxygen atoms in total. The lowest BCUT2D eigenvalue weighted by Crippen LogP contribution is -2.49. The third-order valence-electron chi connectivity index (χ3n) is 2.12. The van der Waals surface area contributed by atoms with E-state index in [0.29, 0.717) is 13.0 Å². The molecule has 1 N–H and O–H groups in total. The number of urea groups is 1. The minimum Gasteiger partial charge on any atom is -0.294 e. The molecule has 0 unspecified atom stereocenters. The second-order valence-corrected chi connectivity index (χ2v) is 3.80. The van der Waals surface area contributed by atoms with Crippen molar-refractivity contribution in [3.63, 3.8) is 0 Å². The summed E-state index contributed by atoms with van der Waals surface area (Å²) in [7, 11) is 0. The first-order chi connectivity index (χ1) is 9.19. The van der Waals surface area contributed by atoms with Crippen LogP contribution in [0, 0.1) is 0 Å². The minimum atomic E-state index is -0.340. The van der Waals surface area contributed by atoms with Crippen LogP contribution in [0.25, 0.3) is 0 Å². The van der Waals surface area contributed by atoms with Gasteiger partial charge >= 0.3 is 6.03 Å². The molecule has 0 spiro atoms. The Labute approximate surface area is 115 Å². The van der Waals surface area contributed by atoms with Crippen molar-refractivity contribution in [1.29, 1.82) is 0 Å². The molecule has 1 aliphatic heterocycles. The average Bonchev–Trinajstić information content (AvgIpc) is 2.43. The largest absolute Gasteiger partial charge is 0.328 e. The van der Waals surface area contributed by atoms with Gasteiger partial charge in [0.05, 0.1) is 0 Å². The molecule has 0 aliphatic carbocycles. The first-order valence-corrected chi connectivity index (χ1v) is 6.85. The van der Waals surface area contributed by atoms with E-state index in [4.69, 9.17) is 0 Å². The molecule has 0 bridgehead atoms. The highest BCUT2D eigenvalue weighted by Crippen LogP contribution is 2.15. The molecule has 0 radical (unpaired) electrons. The van der Waals surface area contributed by atoms with Crippen molar-refractivity contribution in [2.45, 2.75) is 40.5 Å². The van der Waals surface area contributed by atoms with Gasteiger partial charge in [0.25, 0.3) is 0 Å². The van der Waals surface area contributed by atoms with Gasteiger partial charge in [0.1, 0.15) is 0 Å². The summed E-state index contributed by atoms with van der Waals surface area (Å²) in [5.41, 5.74) is 0.817. The average molecular weight is 264 g/mol. The lowest BCUT2D eigenvalue weighted by Gasteiger charge is -2.26. The number of carbonyl (C=O) groups is 2. The smallest absolute Gasteiger partial charge is 0.294 e. The fourth-order valence-corrected chi connectivity index (χ4v) is 1.42. The Morgan fingerprint density at radius 3 is 2.11 bits per heavy atom. The normalized spacial score (nSPS) is 13.6. The zero-order chi connectivity index (χ0) is 14.7. The van der Waals surface area contributed by atoms with Crippen LogP contribution in [0.2, 0.25) is 0 Å². The van der Waals surface area contributed by atoms with Crippen LogP contribution in [0.4, 0.5) is 10.5 Å². The molecular weight excluding hydrogens is 240 g/mol. The van der Waals surface area contributed by atoms with E-state index in [1.165, 1.54) is 6.42 Å². The number of anilines is 1. The standard InChI is InChI=1S/C10H10N2O2.C3H8.C2H6/c13-9-6-7-12(10(14)11-9)8-4-2-1-3-5-8;1-3-2;1-2/h1-5H,6-7H2,(H,11,13,14);3H2,1-2H3;1-2H3. The molecule has 3 amide bonds. The molecule has 0 saturated carbocycles. The number of imide groups is 1. The van der Waals surface area contributed by atoms with Crippen LogP contribution in [0.1, 0.15) is 40.5 Å². The van der Waals surface area contributed by atoms with Crippen LogP contribution in [0.3, 0.4) is 0 Å². The highest BCUT2D eigenvalue weighted by molar-refractivity contribution is 6.05. The molecule has 4 heteroatoms. The zero-order valence-corrected chi connectivity index (χ0v) is 12.3. The van der Waals surface area contributed by atoms with Gasteiger partial charge in [0.2, 0.25) is 5.91 Å². The van der Waals surface area contributed by atoms with E-state index in [1.807, 2.05) is 44.2 Å². The summed E-state index contributed by atoms with van der Waals surface area (Å²) in [4.78, 5) is 23.8. The Kier molecular flexibility index (Phi) is 9.14. The molecule has 19 heavy (non-hydrogen) atoms. The number of rotatable bonds is 1. The summed E-state index contributed by atoms with van der Waals surface area (Å²) in [5, 5.41) is 2.28. The molecule has 1 fully saturated rings. The van der Waals surface area contributed by atoms with Gasteiger partial charge in [-0.15, -0.1) is 0 Å². The predicted molar refractivity (Wildman–Crippen MR) is 79.3 cm³/mol. The Morgan fingerprint density at radius 1 is 1.11 bits per heavy atom. The Bertz CT molecular complexity index is 377. The zero-order valence-electron chi connectivity index (χ0n) is 12.3. The molecule has 1 heterocycles. The quantitative estimate of drug-likeness (QED) is 0.843. The van der Waals surface area contributed by atoms with Gasteiger partial charge in [-0.3, -0.25) is 15.0 Å². The number of benzene rings is 1. The van der Waals surface area contributed by atoms with Gasteiger partial charge in [-0.05, 0) is 12.1 Å². The molecule has 0 aromatic heterocycles. The van der Waals surface area contributed by atoms with E-state index in [9.17, 15) is 9.59 Å². The topological polar surface area (TPSA) is 49.4 Å². The van der Waals surface area contributed by atoms with Gasteiger partial charge in [0.15, 0.2) is 0 Å². The monoisotopic (exact) mass is 264 g/mol. The van der Waals surface area contributed by atoms with Crippen molar-refractivity contribution in [3.8, 4) is 0 Å². The molecule has 1 aromatic carbocycles. The van der Waals surface area contributed by atoms with E-state index < -0.39 is 0 Å². The van der Waals surface area contributed by atoms with E-state index in [2.05, 4.69) is 19.2 Å². The van der Waals surface area contributed by atoms with Crippen LogP contribution < -0.4 is 10.2 Å². The fourth-order valence-electron chi connectivity index (χ4n) is 1.42. The number of carbonyl (C=O) groups excluding carboxylic acids is 2. The maximum Gasteiger partial charge on any atom is 0.328 e. The third kappa shape index (κ3) is 6.04. The van der Waals surface area contributed by atoms with Gasteiger partial charge in [0, 0.05) is 18.7 Å². The maximum absolute atomic E-state index is 11.4. The van der Waals surface area contributed by atoms with Crippen LogP contribution in [-0.4, -0.2) is 18.5 Å². The molecular formula is C15H24N2O2. The number of hydrogen-bond donors (Lipinski definition) is 1. The Balaban J connectivity index is 0.000000573. The van der Waals surface area contributed by atoms with Gasteiger partial charge in [-0.25, -0.2) is 4.79 Å². The summed E-state index contributed by atoms with van der Waals surface area (Å²) >= 11 is 0. The van der Waals surface area contributed by atoms with Crippen molar-refractivity contribution < 1.29 is 9.59 Å². The van der Waals surface area contributed by atoms with Crippen LogP contribution in [0.5, 0.6) is 0 Å². The molecule has 1 aliphatic rings. The number of nitrogens with zero attached hydrogens (tertiary/aromatic N) is 1. The van der Waals surface area contributed by atoms with Gasteiger partial charge in [-0.1, -0.05) is 52.3 Å². The SMILES string of the molecule is CC.CCC.O=C1CCN(c2ccccc2)C(=O)N1. The maximum atomic E-state index is 11.4. The minimum absolute atomic E-state index is 0.206. The molecule has 1 aromatic rings. The summed E-state index contributed by atoms with van der Waals surface area (Å²) < 4.78 is 0. The van der Waals surface area contributed by atoms with Crippen LogP contribution >= 0.6 is 0 Å². The molecule has 106 valence electrons. The second-order valence-electron chi connectivity index (χ2n) is 3.80. The number of nitrogens with one attached hydrogen (secondary N) is 1. The Morgan fingerprint density at radius 2 is 1.63 bits per heavy atom. The summed E-state index contributed by atoms with van der Waals surface area (Å²) in [6.07, 6.45) is 1.61. The van der Waals surface area contributed by atoms with Crippen molar-refractivity contribution in [1.82, 2.24) is 5.32 Å². The lowest BCUT2D eigenvalue weighted by atomic mass is 10.2. The van der Waals surface area contributed by atoms with Crippen LogP contribution in [-0.2, 0) is 4.79 Å². The number of amides is 3. The van der Waals surface area contributed by atoms with Gasteiger partial charge < -0.3 is 0 Å². The van der Waals surface area contributed by atoms with Crippen LogP contribution in [0.15, 0.2) is 30.3 Å². The second kappa shape index (κ2) is 10.1. The predicted octanol–water partition coefficient (Wildman–Crippen LogP) is 3.58. The molecule has 2 rings (SSSR count). The summed E-state index contributed by atoms with van der Waals surface area (Å²) in [6.45, 7) is 8.70. The van der Waals surface area contributed by atoms with Gasteiger partial charge in [-0.2, -0.15) is 0 Å². The highest BCUT2D eigenvalue weighted by atomic mass is 16.2. The van der Waals surface area contributed by atoms with E-state index in [1.54, 1.807) is 4.90 Å². The van der Waals surface area contributed by atoms with E-state index in [0.717, 1.165) is 5.69 Å². The molecule has 1 saturated heterocycles. The first-order valence-electron chi connectivity index (χ1n) is 6.85.